The van der Waals surface area contributed by atoms with Crippen LogP contribution in [-0.4, -0.2) is 35.7 Å². The number of hydrogen-bond donors (Lipinski definition) is 1. The molecule has 4 rings (SSSR count). The van der Waals surface area contributed by atoms with Gasteiger partial charge in [0.1, 0.15) is 11.3 Å². The van der Waals surface area contributed by atoms with E-state index >= 15 is 0 Å². The van der Waals surface area contributed by atoms with E-state index in [4.69, 9.17) is 27.9 Å². The Morgan fingerprint density at radius 2 is 1.82 bits per heavy atom. The number of benzene rings is 3. The van der Waals surface area contributed by atoms with Crippen molar-refractivity contribution < 1.29 is 19.4 Å². The summed E-state index contributed by atoms with van der Waals surface area (Å²) in [6, 6.07) is 17.0. The summed E-state index contributed by atoms with van der Waals surface area (Å²) in [6.45, 7) is 0. The predicted octanol–water partition coefficient (Wildman–Crippen LogP) is 6.17. The summed E-state index contributed by atoms with van der Waals surface area (Å²) in [5.41, 5.74) is 1.62. The average Bonchev–Trinajstić information content (AvgIpc) is 3.28. The molecule has 7 heteroatoms. The van der Waals surface area contributed by atoms with Gasteiger partial charge in [-0.1, -0.05) is 41.4 Å². The summed E-state index contributed by atoms with van der Waals surface area (Å²) in [6.07, 6.45) is 5.30. The summed E-state index contributed by atoms with van der Waals surface area (Å²) < 4.78 is 5.55. The summed E-state index contributed by atoms with van der Waals surface area (Å²) in [5, 5.41) is 10.0. The molecular weight excluding hydrogens is 461 g/mol. The second-order valence-corrected chi connectivity index (χ2v) is 8.45. The Balaban J connectivity index is 1.76. The maximum atomic E-state index is 13.6. The lowest BCUT2D eigenvalue weighted by atomic mass is 9.83. The van der Waals surface area contributed by atoms with Gasteiger partial charge in [-0.3, -0.25) is 9.79 Å². The first-order valence-electron chi connectivity index (χ1n) is 10.1. The zero-order valence-electron chi connectivity index (χ0n) is 17.6. The molecule has 0 aromatic heterocycles. The number of ether oxygens (including phenoxy) is 1. The van der Waals surface area contributed by atoms with Crippen LogP contribution in [0.2, 0.25) is 10.0 Å². The van der Waals surface area contributed by atoms with Gasteiger partial charge in [-0.15, -0.1) is 0 Å². The number of carbonyl (C=O) groups excluding carboxylic acids is 1. The van der Waals surface area contributed by atoms with Crippen molar-refractivity contribution in [3.8, 4) is 16.9 Å². The van der Waals surface area contributed by atoms with Gasteiger partial charge in [0.25, 0.3) is 0 Å². The Labute approximate surface area is 201 Å². The monoisotopic (exact) mass is 479 g/mol. The van der Waals surface area contributed by atoms with Gasteiger partial charge in [-0.25, -0.2) is 4.79 Å². The molecule has 0 bridgehead atoms. The number of nitrogens with zero attached hydrogens (tertiary/aromatic N) is 1. The second kappa shape index (κ2) is 9.22. The molecule has 1 atom stereocenters. The molecule has 1 unspecified atom stereocenters. The third-order valence-electron chi connectivity index (χ3n) is 5.52. The van der Waals surface area contributed by atoms with Crippen molar-refractivity contribution in [2.45, 2.75) is 12.0 Å². The highest BCUT2D eigenvalue weighted by Gasteiger charge is 2.39. The number of carboxylic acid groups (broad SMARTS) is 1. The van der Waals surface area contributed by atoms with Crippen LogP contribution >= 0.6 is 23.2 Å². The summed E-state index contributed by atoms with van der Waals surface area (Å²) in [5.74, 6) is -0.659. The van der Waals surface area contributed by atoms with E-state index in [1.165, 1.54) is 12.1 Å². The van der Waals surface area contributed by atoms with Gasteiger partial charge in [0.05, 0.1) is 17.7 Å². The molecule has 0 aliphatic carbocycles. The van der Waals surface area contributed by atoms with Crippen molar-refractivity contribution >= 4 is 41.2 Å². The fourth-order valence-corrected chi connectivity index (χ4v) is 4.36. The molecule has 0 amide bonds. The third-order valence-corrected chi connectivity index (χ3v) is 6.06. The lowest BCUT2D eigenvalue weighted by Crippen LogP contribution is -2.36. The number of carbonyl (C=O) groups is 2. The summed E-state index contributed by atoms with van der Waals surface area (Å²) in [4.78, 5) is 29.5. The fraction of sp³-hybridized carbons (Fsp3) is 0.115. The Morgan fingerprint density at radius 1 is 1.03 bits per heavy atom. The Kier molecular flexibility index (Phi) is 6.36. The molecule has 1 aliphatic rings. The molecule has 0 spiro atoms. The molecule has 0 saturated heterocycles. The first kappa shape index (κ1) is 22.8. The van der Waals surface area contributed by atoms with Crippen molar-refractivity contribution in [2.24, 2.45) is 4.99 Å². The van der Waals surface area contributed by atoms with Crippen LogP contribution in [0, 0.1) is 0 Å². The quantitative estimate of drug-likeness (QED) is 0.411. The van der Waals surface area contributed by atoms with Crippen LogP contribution in [0.1, 0.15) is 26.3 Å². The molecule has 0 radical (unpaired) electrons. The van der Waals surface area contributed by atoms with Crippen LogP contribution in [0.5, 0.6) is 5.75 Å². The first-order chi connectivity index (χ1) is 15.8. The van der Waals surface area contributed by atoms with E-state index in [1.807, 2.05) is 18.2 Å². The van der Waals surface area contributed by atoms with Crippen LogP contribution in [0.4, 0.5) is 0 Å². The molecule has 166 valence electrons. The number of halogens is 2. The van der Waals surface area contributed by atoms with Gasteiger partial charge in [-0.2, -0.15) is 0 Å². The van der Waals surface area contributed by atoms with Crippen LogP contribution in [0.25, 0.3) is 11.1 Å². The number of Topliss-reactive ketones (excluding diaryl/α,β-unsaturated/α-hetero) is 1. The molecule has 0 fully saturated rings. The van der Waals surface area contributed by atoms with Gasteiger partial charge >= 0.3 is 5.97 Å². The summed E-state index contributed by atoms with van der Waals surface area (Å²) >= 11 is 12.3. The minimum atomic E-state index is -1.19. The van der Waals surface area contributed by atoms with Gasteiger partial charge < -0.3 is 9.84 Å². The van der Waals surface area contributed by atoms with Crippen LogP contribution in [0.3, 0.4) is 0 Å². The van der Waals surface area contributed by atoms with Crippen LogP contribution in [0.15, 0.2) is 77.8 Å². The highest BCUT2D eigenvalue weighted by molar-refractivity contribution is 6.37. The smallest absolute Gasteiger partial charge is 0.335 e. The van der Waals surface area contributed by atoms with E-state index in [0.717, 1.165) is 16.7 Å². The average molecular weight is 480 g/mol. The minimum absolute atomic E-state index is 0.192. The van der Waals surface area contributed by atoms with Crippen molar-refractivity contribution in [3.63, 3.8) is 0 Å². The molecule has 1 aliphatic heterocycles. The maximum absolute atomic E-state index is 13.6. The van der Waals surface area contributed by atoms with Gasteiger partial charge in [0, 0.05) is 23.2 Å². The SMILES string of the molecule is COc1ccc(-c2cccc(C(=O)O)c2)cc1CC1(C(=O)c2ccc(Cl)cc2Cl)C=CC=N1. The molecule has 3 aromatic carbocycles. The number of hydrogen-bond acceptors (Lipinski definition) is 4. The van der Waals surface area contributed by atoms with Gasteiger partial charge in [0.15, 0.2) is 5.78 Å². The fourth-order valence-electron chi connectivity index (χ4n) is 3.87. The zero-order valence-corrected chi connectivity index (χ0v) is 19.1. The van der Waals surface area contributed by atoms with E-state index in [9.17, 15) is 14.7 Å². The number of methoxy groups -OCH3 is 1. The van der Waals surface area contributed by atoms with Gasteiger partial charge in [0.2, 0.25) is 0 Å². The number of aliphatic imine (C=N–C) groups is 1. The normalized spacial score (nSPS) is 16.7. The molecular formula is C26H19Cl2NO4. The lowest BCUT2D eigenvalue weighted by molar-refractivity contribution is 0.0696. The zero-order chi connectivity index (χ0) is 23.6. The highest BCUT2D eigenvalue weighted by atomic mass is 35.5. The molecule has 33 heavy (non-hydrogen) atoms. The molecule has 5 nitrogen and oxygen atoms in total. The lowest BCUT2D eigenvalue weighted by Gasteiger charge is -2.25. The van der Waals surface area contributed by atoms with Crippen LogP contribution < -0.4 is 4.74 Å². The Hall–Kier alpha value is -3.41. The first-order valence-corrected chi connectivity index (χ1v) is 10.8. The number of ketones is 1. The highest BCUT2D eigenvalue weighted by Crippen LogP contribution is 2.35. The van der Waals surface area contributed by atoms with E-state index < -0.39 is 11.5 Å². The predicted molar refractivity (Wildman–Crippen MR) is 130 cm³/mol. The van der Waals surface area contributed by atoms with E-state index in [1.54, 1.807) is 55.8 Å². The van der Waals surface area contributed by atoms with Crippen molar-refractivity contribution in [3.05, 3.63) is 99.6 Å². The van der Waals surface area contributed by atoms with Crippen molar-refractivity contribution in [2.75, 3.05) is 7.11 Å². The minimum Gasteiger partial charge on any atom is -0.496 e. The number of carboxylic acids is 1. The van der Waals surface area contributed by atoms with Crippen molar-refractivity contribution in [1.82, 2.24) is 0 Å². The molecule has 1 N–H and O–H groups in total. The number of rotatable bonds is 7. The van der Waals surface area contributed by atoms with E-state index in [0.29, 0.717) is 16.3 Å². The number of aromatic carboxylic acids is 1. The maximum Gasteiger partial charge on any atom is 0.335 e. The van der Waals surface area contributed by atoms with Gasteiger partial charge in [-0.05, 0) is 71.3 Å². The molecule has 3 aromatic rings. The van der Waals surface area contributed by atoms with Crippen LogP contribution in [-0.2, 0) is 6.42 Å². The number of allylic oxidation sites excluding steroid dienone is 1. The second-order valence-electron chi connectivity index (χ2n) is 7.60. The summed E-state index contributed by atoms with van der Waals surface area (Å²) in [7, 11) is 1.56. The third kappa shape index (κ3) is 4.56. The topological polar surface area (TPSA) is 76.0 Å². The van der Waals surface area contributed by atoms with E-state index in [-0.39, 0.29) is 22.8 Å². The van der Waals surface area contributed by atoms with Crippen molar-refractivity contribution in [1.29, 1.82) is 0 Å². The molecule has 0 saturated carbocycles. The van der Waals surface area contributed by atoms with E-state index in [2.05, 4.69) is 4.99 Å². The molecule has 1 heterocycles. The largest absolute Gasteiger partial charge is 0.496 e. The standard InChI is InChI=1S/C26H19Cl2NO4/c1-33-23-9-6-17(16-4-2-5-18(12-16)25(31)32)13-19(23)15-26(10-3-11-29-26)24(30)21-8-7-20(27)14-22(21)28/h2-14H,15H2,1H3,(H,31,32). The Morgan fingerprint density at radius 3 is 2.48 bits per heavy atom. The Bertz CT molecular complexity index is 1300.